The zero-order valence-electron chi connectivity index (χ0n) is 11.1. The molecule has 3 N–H and O–H groups in total. The van der Waals surface area contributed by atoms with E-state index in [2.05, 4.69) is 15.6 Å². The molecule has 0 saturated heterocycles. The molecular formula is C13H19N3O3. The highest BCUT2D eigenvalue weighted by Crippen LogP contribution is 2.11. The van der Waals surface area contributed by atoms with Crippen LogP contribution in [-0.4, -0.2) is 35.6 Å². The second-order valence-electron chi connectivity index (χ2n) is 4.43. The summed E-state index contributed by atoms with van der Waals surface area (Å²) in [6, 6.07) is 3.44. The van der Waals surface area contributed by atoms with Gasteiger partial charge in [-0.25, -0.2) is 0 Å². The lowest BCUT2D eigenvalue weighted by molar-refractivity contribution is -0.137. The molecule has 1 aromatic rings. The molecule has 1 aromatic heterocycles. The van der Waals surface area contributed by atoms with Crippen molar-refractivity contribution in [2.45, 2.75) is 19.8 Å². The maximum atomic E-state index is 11.4. The molecule has 104 valence electrons. The number of carboxylic acids is 1. The first kappa shape index (κ1) is 14.9. The Morgan fingerprint density at radius 2 is 2.21 bits per heavy atom. The number of aliphatic carboxylic acids is 1. The van der Waals surface area contributed by atoms with Gasteiger partial charge in [-0.05, 0) is 24.5 Å². The topological polar surface area (TPSA) is 91.3 Å². The van der Waals surface area contributed by atoms with Crippen LogP contribution in [0.5, 0.6) is 0 Å². The largest absolute Gasteiger partial charge is 0.481 e. The number of carbonyl (C=O) groups is 2. The van der Waals surface area contributed by atoms with E-state index < -0.39 is 5.97 Å². The Balaban J connectivity index is 2.49. The maximum Gasteiger partial charge on any atom is 0.303 e. The molecule has 1 rings (SSSR count). The number of amides is 1. The first-order valence-corrected chi connectivity index (χ1v) is 6.16. The van der Waals surface area contributed by atoms with Crippen molar-refractivity contribution in [2.75, 3.05) is 18.9 Å². The van der Waals surface area contributed by atoms with Gasteiger partial charge in [0, 0.05) is 31.9 Å². The van der Waals surface area contributed by atoms with Gasteiger partial charge < -0.3 is 15.7 Å². The van der Waals surface area contributed by atoms with Gasteiger partial charge in [0.05, 0.1) is 0 Å². The average Bonchev–Trinajstić information content (AvgIpc) is 2.42. The zero-order chi connectivity index (χ0) is 14.3. The van der Waals surface area contributed by atoms with Crippen LogP contribution in [0, 0.1) is 5.92 Å². The van der Waals surface area contributed by atoms with Crippen LogP contribution < -0.4 is 10.6 Å². The molecule has 0 spiro atoms. The van der Waals surface area contributed by atoms with Crippen molar-refractivity contribution in [1.29, 1.82) is 0 Å². The molecule has 19 heavy (non-hydrogen) atoms. The number of rotatable bonds is 7. The van der Waals surface area contributed by atoms with E-state index >= 15 is 0 Å². The predicted molar refractivity (Wildman–Crippen MR) is 72.2 cm³/mol. The van der Waals surface area contributed by atoms with Gasteiger partial charge in [-0.2, -0.15) is 0 Å². The van der Waals surface area contributed by atoms with Crippen LogP contribution in [0.1, 0.15) is 30.3 Å². The Kier molecular flexibility index (Phi) is 5.78. The number of hydrogen-bond acceptors (Lipinski definition) is 4. The number of hydrogen-bond donors (Lipinski definition) is 3. The van der Waals surface area contributed by atoms with Gasteiger partial charge in [0.15, 0.2) is 0 Å². The Hall–Kier alpha value is -2.11. The Morgan fingerprint density at radius 3 is 2.84 bits per heavy atom. The van der Waals surface area contributed by atoms with Crippen molar-refractivity contribution in [3.63, 3.8) is 0 Å². The van der Waals surface area contributed by atoms with Gasteiger partial charge in [-0.1, -0.05) is 6.92 Å². The second-order valence-corrected chi connectivity index (χ2v) is 4.43. The molecule has 1 amide bonds. The second kappa shape index (κ2) is 7.35. The SMILES string of the molecule is CNC(=O)c1cc(NCC(C)CCC(=O)O)ccn1. The molecule has 0 aliphatic rings. The molecule has 6 heteroatoms. The van der Waals surface area contributed by atoms with Crippen molar-refractivity contribution in [1.82, 2.24) is 10.3 Å². The molecule has 0 saturated carbocycles. The van der Waals surface area contributed by atoms with Crippen LogP contribution in [0.2, 0.25) is 0 Å². The van der Waals surface area contributed by atoms with E-state index in [4.69, 9.17) is 5.11 Å². The normalized spacial score (nSPS) is 11.7. The van der Waals surface area contributed by atoms with E-state index in [1.54, 1.807) is 25.4 Å². The number of carbonyl (C=O) groups excluding carboxylic acids is 1. The highest BCUT2D eigenvalue weighted by molar-refractivity contribution is 5.92. The summed E-state index contributed by atoms with van der Waals surface area (Å²) in [5, 5.41) is 14.3. The molecule has 0 aliphatic heterocycles. The highest BCUT2D eigenvalue weighted by Gasteiger charge is 2.07. The minimum Gasteiger partial charge on any atom is -0.481 e. The van der Waals surface area contributed by atoms with Gasteiger partial charge in [-0.15, -0.1) is 0 Å². The number of nitrogens with one attached hydrogen (secondary N) is 2. The third kappa shape index (κ3) is 5.37. The van der Waals surface area contributed by atoms with Gasteiger partial charge in [0.1, 0.15) is 5.69 Å². The fourth-order valence-electron chi connectivity index (χ4n) is 1.56. The summed E-state index contributed by atoms with van der Waals surface area (Å²) in [6.45, 7) is 2.64. The van der Waals surface area contributed by atoms with Crippen molar-refractivity contribution >= 4 is 17.6 Å². The molecule has 0 bridgehead atoms. The van der Waals surface area contributed by atoms with Crippen LogP contribution in [0.3, 0.4) is 0 Å². The monoisotopic (exact) mass is 265 g/mol. The number of pyridine rings is 1. The molecule has 0 radical (unpaired) electrons. The summed E-state index contributed by atoms with van der Waals surface area (Å²) in [5.74, 6) is -0.770. The molecule has 1 heterocycles. The molecule has 1 atom stereocenters. The van der Waals surface area contributed by atoms with Crippen molar-refractivity contribution in [2.24, 2.45) is 5.92 Å². The third-order valence-corrected chi connectivity index (χ3v) is 2.73. The fraction of sp³-hybridized carbons (Fsp3) is 0.462. The smallest absolute Gasteiger partial charge is 0.303 e. The minimum atomic E-state index is -0.780. The van der Waals surface area contributed by atoms with E-state index in [0.29, 0.717) is 18.7 Å². The van der Waals surface area contributed by atoms with E-state index in [1.807, 2.05) is 6.92 Å². The average molecular weight is 265 g/mol. The molecule has 0 fully saturated rings. The molecule has 1 unspecified atom stereocenters. The first-order valence-electron chi connectivity index (χ1n) is 6.16. The summed E-state index contributed by atoms with van der Waals surface area (Å²) in [5.41, 5.74) is 1.15. The van der Waals surface area contributed by atoms with Crippen molar-refractivity contribution in [3.05, 3.63) is 24.0 Å². The van der Waals surface area contributed by atoms with Crippen molar-refractivity contribution in [3.8, 4) is 0 Å². The lowest BCUT2D eigenvalue weighted by Crippen LogP contribution is -2.19. The number of anilines is 1. The summed E-state index contributed by atoms with van der Waals surface area (Å²) in [6.07, 6.45) is 2.35. The molecule has 0 aliphatic carbocycles. The number of aromatic nitrogens is 1. The molecule has 6 nitrogen and oxygen atoms in total. The summed E-state index contributed by atoms with van der Waals surface area (Å²) >= 11 is 0. The number of nitrogens with zero attached hydrogens (tertiary/aromatic N) is 1. The van der Waals surface area contributed by atoms with E-state index in [9.17, 15) is 9.59 Å². The van der Waals surface area contributed by atoms with E-state index in [0.717, 1.165) is 5.69 Å². The van der Waals surface area contributed by atoms with Crippen LogP contribution in [0.15, 0.2) is 18.3 Å². The zero-order valence-corrected chi connectivity index (χ0v) is 11.1. The standard InChI is InChI=1S/C13H19N3O3/c1-9(3-4-12(17)18)8-16-10-5-6-15-11(7-10)13(19)14-2/h5-7,9H,3-4,8H2,1-2H3,(H,14,19)(H,15,16)(H,17,18). The summed E-state index contributed by atoms with van der Waals surface area (Å²) in [7, 11) is 1.55. The van der Waals surface area contributed by atoms with Gasteiger partial charge >= 0.3 is 5.97 Å². The van der Waals surface area contributed by atoms with Gasteiger partial charge in [0.2, 0.25) is 0 Å². The third-order valence-electron chi connectivity index (χ3n) is 2.73. The quantitative estimate of drug-likeness (QED) is 0.692. The fourth-order valence-corrected chi connectivity index (χ4v) is 1.56. The Labute approximate surface area is 112 Å². The lowest BCUT2D eigenvalue weighted by Gasteiger charge is -2.12. The minimum absolute atomic E-state index is 0.169. The first-order chi connectivity index (χ1) is 9.02. The number of carboxylic acid groups (broad SMARTS) is 1. The van der Waals surface area contributed by atoms with Crippen LogP contribution >= 0.6 is 0 Å². The van der Waals surface area contributed by atoms with E-state index in [1.165, 1.54) is 0 Å². The van der Waals surface area contributed by atoms with Crippen LogP contribution in [-0.2, 0) is 4.79 Å². The summed E-state index contributed by atoms with van der Waals surface area (Å²) in [4.78, 5) is 25.8. The maximum absolute atomic E-state index is 11.4. The van der Waals surface area contributed by atoms with Gasteiger partial charge in [0.25, 0.3) is 5.91 Å². The highest BCUT2D eigenvalue weighted by atomic mass is 16.4. The molecule has 0 aromatic carbocycles. The molecular weight excluding hydrogens is 246 g/mol. The Bertz CT molecular complexity index is 449. The summed E-state index contributed by atoms with van der Waals surface area (Å²) < 4.78 is 0. The predicted octanol–water partition coefficient (Wildman–Crippen LogP) is 1.35. The van der Waals surface area contributed by atoms with Crippen LogP contribution in [0.25, 0.3) is 0 Å². The Morgan fingerprint density at radius 1 is 1.47 bits per heavy atom. The van der Waals surface area contributed by atoms with Crippen molar-refractivity contribution < 1.29 is 14.7 Å². The van der Waals surface area contributed by atoms with Gasteiger partial charge in [-0.3, -0.25) is 14.6 Å². The lowest BCUT2D eigenvalue weighted by atomic mass is 10.1. The van der Waals surface area contributed by atoms with E-state index in [-0.39, 0.29) is 18.2 Å². The van der Waals surface area contributed by atoms with Crippen LogP contribution in [0.4, 0.5) is 5.69 Å².